The van der Waals surface area contributed by atoms with Crippen molar-refractivity contribution in [3.63, 3.8) is 0 Å². The van der Waals surface area contributed by atoms with E-state index in [2.05, 4.69) is 24.1 Å². The molecule has 6 rings (SSSR count). The van der Waals surface area contributed by atoms with Crippen LogP contribution in [0.5, 0.6) is 0 Å². The van der Waals surface area contributed by atoms with Crippen LogP contribution in [0.15, 0.2) is 66.7 Å². The highest BCUT2D eigenvalue weighted by Gasteiger charge is 2.29. The van der Waals surface area contributed by atoms with E-state index in [0.717, 1.165) is 53.4 Å². The highest BCUT2D eigenvalue weighted by atomic mass is 32.1. The Morgan fingerprint density at radius 2 is 1.79 bits per heavy atom. The standard InChI is InChI=1S/C34H35FN4O2S/c1-22-9-6-11-25(35)30(22)37-32(40)28-21-23-15-19-39(27-13-5-4-10-24(27)31(23)42-28)33(41)26-12-7-14-29(36-26)38-18-8-16-34(2,3)17-20-38/h4-7,9-14,21H,8,15-20H2,1-3H3,(H,37,40). The molecule has 6 nitrogen and oxygen atoms in total. The lowest BCUT2D eigenvalue weighted by molar-refractivity contribution is 0.0981. The molecule has 2 aromatic carbocycles. The summed E-state index contributed by atoms with van der Waals surface area (Å²) in [5.41, 5.74) is 4.29. The van der Waals surface area contributed by atoms with Crippen LogP contribution in [0, 0.1) is 18.2 Å². The van der Waals surface area contributed by atoms with Gasteiger partial charge in [-0.05, 0) is 79.5 Å². The number of fused-ring (bicyclic) bond motifs is 3. The number of hydrogen-bond donors (Lipinski definition) is 1. The number of hydrogen-bond acceptors (Lipinski definition) is 5. The molecule has 2 aromatic heterocycles. The van der Waals surface area contributed by atoms with Crippen LogP contribution in [-0.4, -0.2) is 36.4 Å². The largest absolute Gasteiger partial charge is 0.357 e. The summed E-state index contributed by atoms with van der Waals surface area (Å²) in [4.78, 5) is 37.6. The molecular formula is C34H35FN4O2S. The Labute approximate surface area is 250 Å². The molecule has 216 valence electrons. The highest BCUT2D eigenvalue weighted by molar-refractivity contribution is 7.17. The molecule has 0 spiro atoms. The van der Waals surface area contributed by atoms with Gasteiger partial charge in [-0.3, -0.25) is 9.59 Å². The van der Waals surface area contributed by atoms with Crippen molar-refractivity contribution in [2.45, 2.75) is 46.5 Å². The SMILES string of the molecule is Cc1cccc(F)c1NC(=O)c1cc2c(s1)-c1ccccc1N(C(=O)c1cccc(N3CCCC(C)(C)CC3)n1)CC2. The van der Waals surface area contributed by atoms with Crippen molar-refractivity contribution >= 4 is 40.3 Å². The molecule has 8 heteroatoms. The molecule has 0 bridgehead atoms. The number of amides is 2. The van der Waals surface area contributed by atoms with Gasteiger partial charge in [-0.25, -0.2) is 9.37 Å². The Morgan fingerprint density at radius 1 is 0.976 bits per heavy atom. The van der Waals surface area contributed by atoms with Crippen LogP contribution in [0.1, 0.15) is 64.4 Å². The number of aromatic nitrogens is 1. The first-order chi connectivity index (χ1) is 20.2. The van der Waals surface area contributed by atoms with Gasteiger partial charge >= 0.3 is 0 Å². The van der Waals surface area contributed by atoms with Gasteiger partial charge in [0.2, 0.25) is 0 Å². The number of rotatable bonds is 4. The first kappa shape index (κ1) is 28.1. The second kappa shape index (κ2) is 11.3. The van der Waals surface area contributed by atoms with Crippen LogP contribution in [0.4, 0.5) is 21.6 Å². The number of carbonyl (C=O) groups is 2. The van der Waals surface area contributed by atoms with Gasteiger partial charge in [0, 0.05) is 30.1 Å². The quantitative estimate of drug-likeness (QED) is 0.267. The van der Waals surface area contributed by atoms with Crippen LogP contribution in [0.3, 0.4) is 0 Å². The summed E-state index contributed by atoms with van der Waals surface area (Å²) in [6.07, 6.45) is 3.96. The predicted octanol–water partition coefficient (Wildman–Crippen LogP) is 7.73. The summed E-state index contributed by atoms with van der Waals surface area (Å²) in [6, 6.07) is 20.1. The maximum atomic E-state index is 14.4. The summed E-state index contributed by atoms with van der Waals surface area (Å²) < 4.78 is 14.4. The van der Waals surface area contributed by atoms with Crippen molar-refractivity contribution in [1.29, 1.82) is 0 Å². The molecule has 4 aromatic rings. The molecule has 2 aliphatic heterocycles. The van der Waals surface area contributed by atoms with Crippen molar-refractivity contribution in [3.05, 3.63) is 94.2 Å². The third-order valence-corrected chi connectivity index (χ3v) is 9.61. The number of pyridine rings is 1. The van der Waals surface area contributed by atoms with Gasteiger partial charge in [-0.2, -0.15) is 0 Å². The van der Waals surface area contributed by atoms with E-state index in [4.69, 9.17) is 4.98 Å². The smallest absolute Gasteiger partial charge is 0.276 e. The Kier molecular flexibility index (Phi) is 7.58. The maximum absolute atomic E-state index is 14.4. The molecule has 0 saturated carbocycles. The lowest BCUT2D eigenvalue weighted by Crippen LogP contribution is -2.34. The van der Waals surface area contributed by atoms with E-state index in [1.165, 1.54) is 23.8 Å². The van der Waals surface area contributed by atoms with Gasteiger partial charge in [0.1, 0.15) is 17.3 Å². The molecule has 0 radical (unpaired) electrons. The number of carbonyl (C=O) groups excluding carboxylic acids is 2. The molecule has 1 N–H and O–H groups in total. The van der Waals surface area contributed by atoms with Gasteiger partial charge in [0.05, 0.1) is 16.3 Å². The number of para-hydroxylation sites is 2. The van der Waals surface area contributed by atoms with Crippen LogP contribution in [0.25, 0.3) is 10.4 Å². The van der Waals surface area contributed by atoms with E-state index in [9.17, 15) is 14.0 Å². The van der Waals surface area contributed by atoms with Gasteiger partial charge < -0.3 is 15.1 Å². The average Bonchev–Trinajstić information content (AvgIpc) is 3.24. The molecule has 0 atom stereocenters. The third kappa shape index (κ3) is 5.55. The van der Waals surface area contributed by atoms with Crippen molar-refractivity contribution in [2.75, 3.05) is 34.8 Å². The molecule has 0 unspecified atom stereocenters. The zero-order valence-corrected chi connectivity index (χ0v) is 25.1. The van der Waals surface area contributed by atoms with E-state index in [1.54, 1.807) is 25.1 Å². The van der Waals surface area contributed by atoms with E-state index in [-0.39, 0.29) is 17.5 Å². The molecule has 1 saturated heterocycles. The summed E-state index contributed by atoms with van der Waals surface area (Å²) in [5.74, 6) is -0.0907. The zero-order valence-electron chi connectivity index (χ0n) is 24.2. The van der Waals surface area contributed by atoms with E-state index in [1.807, 2.05) is 47.4 Å². The lowest BCUT2D eigenvalue weighted by Gasteiger charge is -2.25. The van der Waals surface area contributed by atoms with Crippen LogP contribution >= 0.6 is 11.3 Å². The number of nitrogens with zero attached hydrogens (tertiary/aromatic N) is 3. The summed E-state index contributed by atoms with van der Waals surface area (Å²) in [7, 11) is 0. The van der Waals surface area contributed by atoms with Gasteiger partial charge in [0.15, 0.2) is 0 Å². The van der Waals surface area contributed by atoms with Gasteiger partial charge in [0.25, 0.3) is 11.8 Å². The fourth-order valence-corrected chi connectivity index (χ4v) is 7.03. The van der Waals surface area contributed by atoms with Crippen molar-refractivity contribution < 1.29 is 14.0 Å². The minimum absolute atomic E-state index is 0.136. The number of thiophene rings is 1. The van der Waals surface area contributed by atoms with Crippen molar-refractivity contribution in [3.8, 4) is 10.4 Å². The molecular weight excluding hydrogens is 547 g/mol. The first-order valence-electron chi connectivity index (χ1n) is 14.5. The van der Waals surface area contributed by atoms with Crippen molar-refractivity contribution in [1.82, 2.24) is 4.98 Å². The van der Waals surface area contributed by atoms with E-state index >= 15 is 0 Å². The predicted molar refractivity (Wildman–Crippen MR) is 168 cm³/mol. The Balaban J connectivity index is 1.27. The molecule has 4 heterocycles. The minimum atomic E-state index is -0.460. The molecule has 0 aliphatic carbocycles. The van der Waals surface area contributed by atoms with E-state index in [0.29, 0.717) is 34.5 Å². The topological polar surface area (TPSA) is 65.5 Å². The Morgan fingerprint density at radius 3 is 2.62 bits per heavy atom. The monoisotopic (exact) mass is 582 g/mol. The Hall–Kier alpha value is -4.04. The van der Waals surface area contributed by atoms with Crippen LogP contribution < -0.4 is 15.1 Å². The zero-order chi connectivity index (χ0) is 29.4. The second-order valence-electron chi connectivity index (χ2n) is 12.0. The normalized spacial score (nSPS) is 16.2. The summed E-state index contributed by atoms with van der Waals surface area (Å²) >= 11 is 1.37. The maximum Gasteiger partial charge on any atom is 0.276 e. The summed E-state index contributed by atoms with van der Waals surface area (Å²) in [5, 5.41) is 2.75. The van der Waals surface area contributed by atoms with Crippen LogP contribution in [0.2, 0.25) is 0 Å². The molecule has 2 amide bonds. The van der Waals surface area contributed by atoms with Gasteiger partial charge in [-0.1, -0.05) is 50.2 Å². The van der Waals surface area contributed by atoms with Crippen molar-refractivity contribution in [2.24, 2.45) is 5.41 Å². The molecule has 42 heavy (non-hydrogen) atoms. The number of nitrogens with one attached hydrogen (secondary N) is 1. The summed E-state index contributed by atoms with van der Waals surface area (Å²) in [6.45, 7) is 8.72. The van der Waals surface area contributed by atoms with E-state index < -0.39 is 5.82 Å². The number of halogens is 1. The highest BCUT2D eigenvalue weighted by Crippen LogP contribution is 2.42. The third-order valence-electron chi connectivity index (χ3n) is 8.40. The number of aryl methyl sites for hydroxylation is 1. The first-order valence-corrected chi connectivity index (χ1v) is 15.3. The number of benzene rings is 2. The minimum Gasteiger partial charge on any atom is -0.357 e. The Bertz CT molecular complexity index is 1640. The fourth-order valence-electron chi connectivity index (χ4n) is 5.89. The second-order valence-corrected chi connectivity index (χ2v) is 13.0. The van der Waals surface area contributed by atoms with Crippen LogP contribution in [-0.2, 0) is 6.42 Å². The molecule has 2 aliphatic rings. The number of anilines is 3. The van der Waals surface area contributed by atoms with Gasteiger partial charge in [-0.15, -0.1) is 11.3 Å². The fraction of sp³-hybridized carbons (Fsp3) is 0.324. The lowest BCUT2D eigenvalue weighted by atomic mass is 9.85. The molecule has 1 fully saturated rings. The average molecular weight is 583 g/mol.